The molecule has 0 aromatic carbocycles. The molecule has 19 heavy (non-hydrogen) atoms. The highest BCUT2D eigenvalue weighted by Crippen LogP contribution is 2.23. The number of nitrogens with zero attached hydrogens (tertiary/aromatic N) is 2. The third-order valence-electron chi connectivity index (χ3n) is 5.27. The van der Waals surface area contributed by atoms with Gasteiger partial charge in [0.2, 0.25) is 0 Å². The van der Waals surface area contributed by atoms with E-state index in [0.717, 1.165) is 6.04 Å². The predicted molar refractivity (Wildman–Crippen MR) is 81.4 cm³/mol. The van der Waals surface area contributed by atoms with Gasteiger partial charge in [0.15, 0.2) is 0 Å². The highest BCUT2D eigenvalue weighted by Gasteiger charge is 2.26. The Morgan fingerprint density at radius 3 is 2.84 bits per heavy atom. The minimum absolute atomic E-state index is 0.872. The highest BCUT2D eigenvalue weighted by atomic mass is 15.2. The molecule has 0 bridgehead atoms. The van der Waals surface area contributed by atoms with E-state index in [2.05, 4.69) is 15.9 Å². The number of piperidine rings is 1. The molecule has 2 fully saturated rings. The molecule has 0 aromatic rings. The largest absolute Gasteiger partial charge is 0.301 e. The Morgan fingerprint density at radius 2 is 1.95 bits per heavy atom. The summed E-state index contributed by atoms with van der Waals surface area (Å²) in [4.78, 5) is 5.52. The molecule has 2 heteroatoms. The van der Waals surface area contributed by atoms with Gasteiger partial charge in [-0.3, -0.25) is 4.90 Å². The Morgan fingerprint density at radius 1 is 1.00 bits per heavy atom. The molecule has 0 radical (unpaired) electrons. The van der Waals surface area contributed by atoms with E-state index < -0.39 is 0 Å². The molecule has 2 saturated heterocycles. The Balaban J connectivity index is 1.48. The maximum absolute atomic E-state index is 2.77. The van der Waals surface area contributed by atoms with Crippen molar-refractivity contribution in [2.45, 2.75) is 63.8 Å². The molecule has 0 saturated carbocycles. The number of allylic oxidation sites excluding steroid dienone is 1. The molecule has 0 spiro atoms. The molecule has 0 aromatic heterocycles. The number of fused-ring (bicyclic) bond motifs is 1. The standard InChI is InChI=1S/C17H30N2/c1-2-7-16(8-3-1)10-14-18-11-6-13-19-12-5-4-9-17(19)15-18/h7,17H,1-6,8-15H2. The SMILES string of the molecule is C1=C(CCN2CCCN3CCCCC3C2)CCCC1. The van der Waals surface area contributed by atoms with Gasteiger partial charge >= 0.3 is 0 Å². The molecule has 1 unspecified atom stereocenters. The molecule has 2 nitrogen and oxygen atoms in total. The topological polar surface area (TPSA) is 6.48 Å². The fraction of sp³-hybridized carbons (Fsp3) is 0.882. The van der Waals surface area contributed by atoms with Crippen molar-refractivity contribution in [2.24, 2.45) is 0 Å². The summed E-state index contributed by atoms with van der Waals surface area (Å²) in [5.41, 5.74) is 1.75. The molecule has 0 N–H and O–H groups in total. The van der Waals surface area contributed by atoms with E-state index in [1.807, 2.05) is 0 Å². The quantitative estimate of drug-likeness (QED) is 0.719. The molecule has 0 amide bonds. The first-order valence-corrected chi connectivity index (χ1v) is 8.56. The third kappa shape index (κ3) is 3.82. The minimum Gasteiger partial charge on any atom is -0.301 e. The number of hydrogen-bond acceptors (Lipinski definition) is 2. The Bertz CT molecular complexity index is 310. The molecule has 1 atom stereocenters. The Kier molecular flexibility index (Phi) is 4.95. The predicted octanol–water partition coefficient (Wildman–Crippen LogP) is 3.44. The van der Waals surface area contributed by atoms with E-state index in [0.29, 0.717) is 0 Å². The van der Waals surface area contributed by atoms with Gasteiger partial charge in [-0.2, -0.15) is 0 Å². The van der Waals surface area contributed by atoms with Crippen LogP contribution in [-0.2, 0) is 0 Å². The van der Waals surface area contributed by atoms with Crippen LogP contribution in [0.15, 0.2) is 11.6 Å². The Hall–Kier alpha value is -0.340. The summed E-state index contributed by atoms with van der Waals surface area (Å²) in [6.45, 7) is 6.71. The first-order chi connectivity index (χ1) is 9.42. The van der Waals surface area contributed by atoms with E-state index >= 15 is 0 Å². The zero-order chi connectivity index (χ0) is 12.9. The van der Waals surface area contributed by atoms with Gasteiger partial charge in [0.25, 0.3) is 0 Å². The number of hydrogen-bond donors (Lipinski definition) is 0. The summed E-state index contributed by atoms with van der Waals surface area (Å²) < 4.78 is 0. The normalized spacial score (nSPS) is 30.5. The van der Waals surface area contributed by atoms with Crippen molar-refractivity contribution in [3.63, 3.8) is 0 Å². The monoisotopic (exact) mass is 262 g/mol. The van der Waals surface area contributed by atoms with Crippen molar-refractivity contribution < 1.29 is 0 Å². The van der Waals surface area contributed by atoms with Gasteiger partial charge in [0.05, 0.1) is 0 Å². The van der Waals surface area contributed by atoms with Crippen molar-refractivity contribution in [3.05, 3.63) is 11.6 Å². The maximum atomic E-state index is 2.77. The summed E-state index contributed by atoms with van der Waals surface area (Å²) in [5, 5.41) is 0. The second-order valence-corrected chi connectivity index (χ2v) is 6.70. The van der Waals surface area contributed by atoms with Crippen LogP contribution in [0.4, 0.5) is 0 Å². The zero-order valence-electron chi connectivity index (χ0n) is 12.4. The first kappa shape index (κ1) is 13.6. The summed E-state index contributed by atoms with van der Waals surface area (Å²) in [5.74, 6) is 0. The summed E-state index contributed by atoms with van der Waals surface area (Å²) >= 11 is 0. The van der Waals surface area contributed by atoms with Crippen LogP contribution in [0.5, 0.6) is 0 Å². The van der Waals surface area contributed by atoms with Crippen LogP contribution in [0.1, 0.15) is 57.8 Å². The molecular formula is C17H30N2. The van der Waals surface area contributed by atoms with Gasteiger partial charge in [0.1, 0.15) is 0 Å². The minimum atomic E-state index is 0.872. The van der Waals surface area contributed by atoms with Gasteiger partial charge in [-0.05, 0) is 71.0 Å². The molecule has 108 valence electrons. The molecule has 3 rings (SSSR count). The van der Waals surface area contributed by atoms with Crippen molar-refractivity contribution in [1.29, 1.82) is 0 Å². The van der Waals surface area contributed by atoms with Crippen LogP contribution in [-0.4, -0.2) is 48.6 Å². The molecule has 2 heterocycles. The van der Waals surface area contributed by atoms with Gasteiger partial charge < -0.3 is 4.90 Å². The second kappa shape index (κ2) is 6.90. The van der Waals surface area contributed by atoms with Crippen LogP contribution >= 0.6 is 0 Å². The van der Waals surface area contributed by atoms with Crippen LogP contribution in [0.2, 0.25) is 0 Å². The van der Waals surface area contributed by atoms with Gasteiger partial charge in [0, 0.05) is 19.1 Å². The van der Waals surface area contributed by atoms with Crippen molar-refractivity contribution in [2.75, 3.05) is 32.7 Å². The molecule has 1 aliphatic carbocycles. The lowest BCUT2D eigenvalue weighted by atomic mass is 9.97. The number of rotatable bonds is 3. The van der Waals surface area contributed by atoms with Crippen molar-refractivity contribution >= 4 is 0 Å². The summed E-state index contributed by atoms with van der Waals surface area (Å²) in [7, 11) is 0. The lowest BCUT2D eigenvalue weighted by Crippen LogP contribution is -2.44. The van der Waals surface area contributed by atoms with Gasteiger partial charge in [-0.15, -0.1) is 0 Å². The lowest BCUT2D eigenvalue weighted by molar-refractivity contribution is 0.137. The van der Waals surface area contributed by atoms with Crippen LogP contribution < -0.4 is 0 Å². The smallest absolute Gasteiger partial charge is 0.0223 e. The summed E-state index contributed by atoms with van der Waals surface area (Å²) in [6, 6.07) is 0.872. The van der Waals surface area contributed by atoms with E-state index in [1.54, 1.807) is 5.57 Å². The van der Waals surface area contributed by atoms with E-state index in [-0.39, 0.29) is 0 Å². The summed E-state index contributed by atoms with van der Waals surface area (Å²) in [6.07, 6.45) is 15.2. The highest BCUT2D eigenvalue weighted by molar-refractivity contribution is 5.05. The average molecular weight is 262 g/mol. The van der Waals surface area contributed by atoms with E-state index in [4.69, 9.17) is 0 Å². The first-order valence-electron chi connectivity index (χ1n) is 8.56. The van der Waals surface area contributed by atoms with Crippen LogP contribution in [0.3, 0.4) is 0 Å². The third-order valence-corrected chi connectivity index (χ3v) is 5.27. The molecular weight excluding hydrogens is 232 g/mol. The zero-order valence-corrected chi connectivity index (χ0v) is 12.4. The average Bonchev–Trinajstić information content (AvgIpc) is 2.68. The lowest BCUT2D eigenvalue weighted by Gasteiger charge is -2.35. The van der Waals surface area contributed by atoms with Crippen molar-refractivity contribution in [1.82, 2.24) is 9.80 Å². The Labute approximate surface area is 118 Å². The van der Waals surface area contributed by atoms with Crippen LogP contribution in [0, 0.1) is 0 Å². The maximum Gasteiger partial charge on any atom is 0.0223 e. The van der Waals surface area contributed by atoms with E-state index in [9.17, 15) is 0 Å². The van der Waals surface area contributed by atoms with Gasteiger partial charge in [-0.25, -0.2) is 0 Å². The molecule has 2 aliphatic heterocycles. The fourth-order valence-corrected chi connectivity index (χ4v) is 4.08. The fourth-order valence-electron chi connectivity index (χ4n) is 4.08. The van der Waals surface area contributed by atoms with Gasteiger partial charge in [-0.1, -0.05) is 18.1 Å². The van der Waals surface area contributed by atoms with E-state index in [1.165, 1.54) is 90.5 Å². The van der Waals surface area contributed by atoms with Crippen LogP contribution in [0.25, 0.3) is 0 Å². The molecule has 3 aliphatic rings. The second-order valence-electron chi connectivity index (χ2n) is 6.70. The van der Waals surface area contributed by atoms with Crippen molar-refractivity contribution in [3.8, 4) is 0 Å².